The van der Waals surface area contributed by atoms with E-state index in [4.69, 9.17) is 9.84 Å². The molecule has 2 unspecified atom stereocenters. The minimum atomic E-state index is -0.890. The minimum absolute atomic E-state index is 0.239. The summed E-state index contributed by atoms with van der Waals surface area (Å²) in [7, 11) is 0. The molecule has 0 saturated carbocycles. The van der Waals surface area contributed by atoms with Crippen molar-refractivity contribution >= 4 is 5.97 Å². The molecule has 2 rings (SSSR count). The van der Waals surface area contributed by atoms with E-state index in [0.717, 1.165) is 5.56 Å². The topological polar surface area (TPSA) is 49.8 Å². The molecule has 0 spiro atoms. The zero-order valence-corrected chi connectivity index (χ0v) is 9.73. The van der Waals surface area contributed by atoms with Crippen LogP contribution in [0.4, 0.5) is 0 Å². The average molecular weight is 220 g/mol. The summed E-state index contributed by atoms with van der Waals surface area (Å²) in [6.07, 6.45) is -0.727. The highest BCUT2D eigenvalue weighted by atomic mass is 16.6. The summed E-state index contributed by atoms with van der Waals surface area (Å²) < 4.78 is 5.52. The Bertz CT molecular complexity index is 405. The Kier molecular flexibility index (Phi) is 2.31. The second-order valence-electron chi connectivity index (χ2n) is 5.19. The molecule has 1 N–H and O–H groups in total. The summed E-state index contributed by atoms with van der Waals surface area (Å²) in [5.74, 6) is -0.890. The molecular weight excluding hydrogens is 204 g/mol. The molecule has 3 heteroatoms. The first kappa shape index (κ1) is 11.1. The van der Waals surface area contributed by atoms with Crippen molar-refractivity contribution in [2.45, 2.75) is 32.5 Å². The van der Waals surface area contributed by atoms with Gasteiger partial charge in [-0.1, -0.05) is 51.1 Å². The number of aliphatic carboxylic acids is 1. The number of carboxylic acids is 1. The maximum Gasteiger partial charge on any atom is 0.336 e. The van der Waals surface area contributed by atoms with Gasteiger partial charge in [0.2, 0.25) is 0 Å². The molecule has 0 aromatic heterocycles. The summed E-state index contributed by atoms with van der Waals surface area (Å²) in [6, 6.07) is 9.58. The fourth-order valence-electron chi connectivity index (χ4n) is 2.28. The summed E-state index contributed by atoms with van der Waals surface area (Å²) in [6.45, 7) is 6.01. The third-order valence-electron chi connectivity index (χ3n) is 3.16. The van der Waals surface area contributed by atoms with Crippen molar-refractivity contribution in [3.05, 3.63) is 35.9 Å². The Labute approximate surface area is 95.0 Å². The maximum absolute atomic E-state index is 11.1. The van der Waals surface area contributed by atoms with Gasteiger partial charge in [0.25, 0.3) is 0 Å². The predicted octanol–water partition coefficient (Wildman–Crippen LogP) is 2.41. The van der Waals surface area contributed by atoms with Crippen LogP contribution in [0.25, 0.3) is 0 Å². The van der Waals surface area contributed by atoms with Crippen molar-refractivity contribution < 1.29 is 14.6 Å². The van der Waals surface area contributed by atoms with E-state index >= 15 is 0 Å². The number of carbonyl (C=O) groups is 1. The molecule has 0 bridgehead atoms. The molecule has 1 heterocycles. The maximum atomic E-state index is 11.1. The Balaban J connectivity index is 2.44. The van der Waals surface area contributed by atoms with Gasteiger partial charge in [-0.05, 0) is 11.0 Å². The first-order valence-electron chi connectivity index (χ1n) is 5.36. The minimum Gasteiger partial charge on any atom is -0.479 e. The zero-order valence-electron chi connectivity index (χ0n) is 9.73. The van der Waals surface area contributed by atoms with Crippen LogP contribution in [0.1, 0.15) is 26.3 Å². The molecule has 3 nitrogen and oxygen atoms in total. The first-order chi connectivity index (χ1) is 7.39. The fourth-order valence-corrected chi connectivity index (χ4v) is 2.28. The quantitative estimate of drug-likeness (QED) is 0.779. The van der Waals surface area contributed by atoms with E-state index in [1.807, 2.05) is 51.1 Å². The molecule has 0 amide bonds. The lowest BCUT2D eigenvalue weighted by Gasteiger charge is -2.28. The van der Waals surface area contributed by atoms with Crippen LogP contribution in [-0.4, -0.2) is 17.2 Å². The van der Waals surface area contributed by atoms with Crippen molar-refractivity contribution in [1.29, 1.82) is 0 Å². The molecule has 16 heavy (non-hydrogen) atoms. The van der Waals surface area contributed by atoms with Gasteiger partial charge in [0.05, 0.1) is 0 Å². The van der Waals surface area contributed by atoms with E-state index in [0.29, 0.717) is 0 Å². The number of hydrogen-bond acceptors (Lipinski definition) is 2. The molecular formula is C13H16O3. The van der Waals surface area contributed by atoms with Crippen LogP contribution in [0.5, 0.6) is 0 Å². The van der Waals surface area contributed by atoms with Crippen molar-refractivity contribution in [3.63, 3.8) is 0 Å². The Morgan fingerprint density at radius 2 is 1.88 bits per heavy atom. The average Bonchev–Trinajstić information content (AvgIpc) is 2.94. The van der Waals surface area contributed by atoms with E-state index in [1.54, 1.807) is 0 Å². The van der Waals surface area contributed by atoms with Gasteiger partial charge in [-0.15, -0.1) is 0 Å². The number of carboxylic acid groups (broad SMARTS) is 1. The third-order valence-corrected chi connectivity index (χ3v) is 3.16. The second-order valence-corrected chi connectivity index (χ2v) is 5.19. The Hall–Kier alpha value is -1.35. The molecule has 86 valence electrons. The second kappa shape index (κ2) is 3.32. The number of ether oxygens (including phenoxy) is 1. The number of hydrogen-bond donors (Lipinski definition) is 1. The Morgan fingerprint density at radius 3 is 2.25 bits per heavy atom. The number of rotatable bonds is 2. The molecule has 1 aliphatic rings. The molecule has 1 aromatic rings. The molecule has 1 fully saturated rings. The van der Waals surface area contributed by atoms with Crippen LogP contribution < -0.4 is 0 Å². The largest absolute Gasteiger partial charge is 0.479 e. The fraction of sp³-hybridized carbons (Fsp3) is 0.462. The monoisotopic (exact) mass is 220 g/mol. The SMILES string of the molecule is CC(C)(C)C1(c2ccccc2)OC1C(=O)O. The number of benzene rings is 1. The van der Waals surface area contributed by atoms with Gasteiger partial charge in [0, 0.05) is 0 Å². The standard InChI is InChI=1S/C13H16O3/c1-12(2,3)13(10(16-13)11(14)15)9-7-5-4-6-8-9/h4-8,10H,1-3H3,(H,14,15). The number of epoxide rings is 1. The van der Waals surface area contributed by atoms with E-state index in [-0.39, 0.29) is 5.41 Å². The first-order valence-corrected chi connectivity index (χ1v) is 5.36. The van der Waals surface area contributed by atoms with Crippen molar-refractivity contribution in [2.24, 2.45) is 5.41 Å². The lowest BCUT2D eigenvalue weighted by Crippen LogP contribution is -2.32. The van der Waals surface area contributed by atoms with E-state index in [2.05, 4.69) is 0 Å². The van der Waals surface area contributed by atoms with Crippen LogP contribution >= 0.6 is 0 Å². The summed E-state index contributed by atoms with van der Waals surface area (Å²) >= 11 is 0. The van der Waals surface area contributed by atoms with Crippen molar-refractivity contribution in [3.8, 4) is 0 Å². The summed E-state index contributed by atoms with van der Waals surface area (Å²) in [4.78, 5) is 11.1. The van der Waals surface area contributed by atoms with E-state index < -0.39 is 17.7 Å². The van der Waals surface area contributed by atoms with Gasteiger partial charge in [0.15, 0.2) is 6.10 Å². The summed E-state index contributed by atoms with van der Waals surface area (Å²) in [5, 5.41) is 9.09. The van der Waals surface area contributed by atoms with Crippen LogP contribution in [0.15, 0.2) is 30.3 Å². The van der Waals surface area contributed by atoms with Gasteiger partial charge >= 0.3 is 5.97 Å². The summed E-state index contributed by atoms with van der Waals surface area (Å²) in [5.41, 5.74) is 0.0206. The lowest BCUT2D eigenvalue weighted by molar-refractivity contribution is -0.138. The molecule has 0 aliphatic carbocycles. The highest BCUT2D eigenvalue weighted by Gasteiger charge is 2.68. The van der Waals surface area contributed by atoms with Crippen LogP contribution in [0, 0.1) is 5.41 Å². The van der Waals surface area contributed by atoms with Crippen molar-refractivity contribution in [2.75, 3.05) is 0 Å². The van der Waals surface area contributed by atoms with E-state index in [1.165, 1.54) is 0 Å². The lowest BCUT2D eigenvalue weighted by atomic mass is 9.74. The smallest absolute Gasteiger partial charge is 0.336 e. The van der Waals surface area contributed by atoms with Crippen LogP contribution in [-0.2, 0) is 15.1 Å². The molecule has 1 aliphatic heterocycles. The molecule has 1 aromatic carbocycles. The molecule has 2 atom stereocenters. The van der Waals surface area contributed by atoms with Gasteiger partial charge in [0.1, 0.15) is 5.60 Å². The normalized spacial score (nSPS) is 28.8. The third kappa shape index (κ3) is 1.43. The zero-order chi connectivity index (χ0) is 12.0. The van der Waals surface area contributed by atoms with Gasteiger partial charge in [-0.2, -0.15) is 0 Å². The van der Waals surface area contributed by atoms with E-state index in [9.17, 15) is 4.79 Å². The van der Waals surface area contributed by atoms with Gasteiger partial charge in [-0.25, -0.2) is 4.79 Å². The molecule has 1 saturated heterocycles. The molecule has 0 radical (unpaired) electrons. The van der Waals surface area contributed by atoms with Crippen LogP contribution in [0.3, 0.4) is 0 Å². The van der Waals surface area contributed by atoms with Crippen LogP contribution in [0.2, 0.25) is 0 Å². The van der Waals surface area contributed by atoms with Gasteiger partial charge in [-0.3, -0.25) is 0 Å². The van der Waals surface area contributed by atoms with Crippen molar-refractivity contribution in [1.82, 2.24) is 0 Å². The Morgan fingerprint density at radius 1 is 1.31 bits per heavy atom. The van der Waals surface area contributed by atoms with Gasteiger partial charge < -0.3 is 9.84 Å². The predicted molar refractivity (Wildman–Crippen MR) is 60.1 cm³/mol. The highest BCUT2D eigenvalue weighted by molar-refractivity contribution is 5.78. The highest BCUT2D eigenvalue weighted by Crippen LogP contribution is 2.57.